The van der Waals surface area contributed by atoms with Crippen molar-refractivity contribution in [2.75, 3.05) is 50.7 Å². The van der Waals surface area contributed by atoms with Crippen LogP contribution in [0.4, 0.5) is 10.1 Å². The Labute approximate surface area is 186 Å². The molecule has 8 heteroatoms. The molecule has 0 saturated carbocycles. The van der Waals surface area contributed by atoms with Crippen LogP contribution >= 0.6 is 0 Å². The van der Waals surface area contributed by atoms with Gasteiger partial charge in [0.2, 0.25) is 11.8 Å². The molecule has 0 aromatic heterocycles. The Morgan fingerprint density at radius 3 is 2.34 bits per heavy atom. The van der Waals surface area contributed by atoms with Gasteiger partial charge in [-0.15, -0.1) is 0 Å². The molecule has 1 atom stereocenters. The lowest BCUT2D eigenvalue weighted by Crippen LogP contribution is -2.50. The van der Waals surface area contributed by atoms with Crippen LogP contribution < -0.4 is 10.2 Å². The summed E-state index contributed by atoms with van der Waals surface area (Å²) < 4.78 is 13.1. The minimum absolute atomic E-state index is 0.0294. The molecule has 3 amide bonds. The molecule has 0 radical (unpaired) electrons. The van der Waals surface area contributed by atoms with Crippen molar-refractivity contribution >= 4 is 23.4 Å². The number of para-hydroxylation sites is 1. The van der Waals surface area contributed by atoms with E-state index in [1.807, 2.05) is 30.3 Å². The van der Waals surface area contributed by atoms with Crippen LogP contribution in [0.3, 0.4) is 0 Å². The molecule has 2 saturated heterocycles. The summed E-state index contributed by atoms with van der Waals surface area (Å²) in [5.41, 5.74) is 1.31. The van der Waals surface area contributed by atoms with Gasteiger partial charge < -0.3 is 15.1 Å². The highest BCUT2D eigenvalue weighted by Crippen LogP contribution is 2.24. The van der Waals surface area contributed by atoms with Crippen molar-refractivity contribution < 1.29 is 18.8 Å². The Kier molecular flexibility index (Phi) is 6.80. The maximum Gasteiger partial charge on any atom is 0.253 e. The highest BCUT2D eigenvalue weighted by Gasteiger charge is 2.35. The summed E-state index contributed by atoms with van der Waals surface area (Å²) in [5, 5.41) is 2.95. The predicted molar refractivity (Wildman–Crippen MR) is 119 cm³/mol. The van der Waals surface area contributed by atoms with Crippen LogP contribution in [-0.4, -0.2) is 73.3 Å². The van der Waals surface area contributed by atoms with Crippen molar-refractivity contribution in [3.63, 3.8) is 0 Å². The van der Waals surface area contributed by atoms with Crippen molar-refractivity contribution in [3.05, 3.63) is 66.0 Å². The zero-order valence-corrected chi connectivity index (χ0v) is 17.9. The number of amides is 3. The van der Waals surface area contributed by atoms with E-state index in [2.05, 4.69) is 10.2 Å². The first kappa shape index (κ1) is 22.0. The zero-order chi connectivity index (χ0) is 22.5. The molecule has 2 aromatic carbocycles. The summed E-state index contributed by atoms with van der Waals surface area (Å²) in [6, 6.07) is 15.0. The van der Waals surface area contributed by atoms with Crippen molar-refractivity contribution in [2.45, 2.75) is 6.42 Å². The van der Waals surface area contributed by atoms with Crippen LogP contribution in [-0.2, 0) is 9.59 Å². The van der Waals surface area contributed by atoms with E-state index in [0.29, 0.717) is 51.4 Å². The minimum Gasteiger partial charge on any atom is -0.355 e. The number of rotatable bonds is 6. The molecule has 2 heterocycles. The number of nitrogens with one attached hydrogen (secondary N) is 1. The van der Waals surface area contributed by atoms with Crippen molar-refractivity contribution in [2.24, 2.45) is 5.92 Å². The number of anilines is 1. The fourth-order valence-corrected chi connectivity index (χ4v) is 4.17. The monoisotopic (exact) mass is 438 g/mol. The third-order valence-corrected chi connectivity index (χ3v) is 6.04. The summed E-state index contributed by atoms with van der Waals surface area (Å²) in [6.07, 6.45) is 0.227. The molecule has 2 aromatic rings. The summed E-state index contributed by atoms with van der Waals surface area (Å²) in [4.78, 5) is 43.0. The van der Waals surface area contributed by atoms with Crippen molar-refractivity contribution in [1.29, 1.82) is 0 Å². The van der Waals surface area contributed by atoms with Gasteiger partial charge in [-0.05, 0) is 36.4 Å². The van der Waals surface area contributed by atoms with Gasteiger partial charge in [0.25, 0.3) is 5.91 Å². The van der Waals surface area contributed by atoms with E-state index in [9.17, 15) is 18.8 Å². The van der Waals surface area contributed by atoms with Gasteiger partial charge in [0.15, 0.2) is 0 Å². The van der Waals surface area contributed by atoms with Gasteiger partial charge in [-0.25, -0.2) is 4.39 Å². The standard InChI is InChI=1S/C24H27FN4O3/c25-20-8-6-18(7-9-20)24(32)28-14-12-27(13-15-28)11-10-26-23(31)19-16-22(30)29(17-19)21-4-2-1-3-5-21/h1-9,19H,10-17H2,(H,26,31). The van der Waals surface area contributed by atoms with Gasteiger partial charge in [0.1, 0.15) is 5.82 Å². The van der Waals surface area contributed by atoms with Gasteiger partial charge >= 0.3 is 0 Å². The van der Waals surface area contributed by atoms with Crippen LogP contribution in [0.2, 0.25) is 0 Å². The van der Waals surface area contributed by atoms with Gasteiger partial charge in [-0.3, -0.25) is 19.3 Å². The van der Waals surface area contributed by atoms with Crippen molar-refractivity contribution in [3.8, 4) is 0 Å². The fraction of sp³-hybridized carbons (Fsp3) is 0.375. The van der Waals surface area contributed by atoms with E-state index in [1.54, 1.807) is 9.80 Å². The molecule has 0 bridgehead atoms. The van der Waals surface area contributed by atoms with Gasteiger partial charge in [0, 0.05) is 63.5 Å². The highest BCUT2D eigenvalue weighted by atomic mass is 19.1. The number of hydrogen-bond donors (Lipinski definition) is 1. The van der Waals surface area contributed by atoms with Crippen LogP contribution in [0.15, 0.2) is 54.6 Å². The number of piperazine rings is 1. The summed E-state index contributed by atoms with van der Waals surface area (Å²) in [5.74, 6) is -0.914. The molecule has 0 spiro atoms. The van der Waals surface area contributed by atoms with Crippen LogP contribution in [0.25, 0.3) is 0 Å². The largest absolute Gasteiger partial charge is 0.355 e. The summed E-state index contributed by atoms with van der Waals surface area (Å²) in [6.45, 7) is 4.20. The zero-order valence-electron chi connectivity index (χ0n) is 17.9. The Hall–Kier alpha value is -3.26. The quantitative estimate of drug-likeness (QED) is 0.746. The normalized spacial score (nSPS) is 19.3. The first-order chi connectivity index (χ1) is 15.5. The van der Waals surface area contributed by atoms with E-state index in [0.717, 1.165) is 5.69 Å². The molecule has 7 nitrogen and oxygen atoms in total. The lowest BCUT2D eigenvalue weighted by atomic mass is 10.1. The molecular weight excluding hydrogens is 411 g/mol. The third kappa shape index (κ3) is 5.13. The lowest BCUT2D eigenvalue weighted by Gasteiger charge is -2.34. The van der Waals surface area contributed by atoms with Gasteiger partial charge in [-0.1, -0.05) is 18.2 Å². The minimum atomic E-state index is -0.358. The first-order valence-corrected chi connectivity index (χ1v) is 10.9. The molecule has 32 heavy (non-hydrogen) atoms. The molecule has 1 N–H and O–H groups in total. The molecule has 2 aliphatic rings. The van der Waals surface area contributed by atoms with Crippen molar-refractivity contribution in [1.82, 2.24) is 15.1 Å². The average molecular weight is 439 g/mol. The first-order valence-electron chi connectivity index (χ1n) is 10.9. The molecule has 2 fully saturated rings. The number of benzene rings is 2. The molecule has 1 unspecified atom stereocenters. The topological polar surface area (TPSA) is 73.0 Å². The molecule has 0 aliphatic carbocycles. The Balaban J connectivity index is 1.18. The number of nitrogens with zero attached hydrogens (tertiary/aromatic N) is 3. The van der Waals surface area contributed by atoms with Crippen LogP contribution in [0, 0.1) is 11.7 Å². The Morgan fingerprint density at radius 1 is 0.969 bits per heavy atom. The van der Waals surface area contributed by atoms with E-state index in [4.69, 9.17) is 0 Å². The molecular formula is C24H27FN4O3. The second-order valence-electron chi connectivity index (χ2n) is 8.17. The number of halogens is 1. The van der Waals surface area contributed by atoms with E-state index in [1.165, 1.54) is 24.3 Å². The van der Waals surface area contributed by atoms with E-state index in [-0.39, 0.29) is 35.9 Å². The summed E-state index contributed by atoms with van der Waals surface area (Å²) >= 11 is 0. The highest BCUT2D eigenvalue weighted by molar-refractivity contribution is 6.00. The van der Waals surface area contributed by atoms with Gasteiger partial charge in [-0.2, -0.15) is 0 Å². The average Bonchev–Trinajstić information content (AvgIpc) is 3.22. The smallest absolute Gasteiger partial charge is 0.253 e. The molecule has 2 aliphatic heterocycles. The number of carbonyl (C=O) groups excluding carboxylic acids is 3. The SMILES string of the molecule is O=C(NCCN1CCN(C(=O)c2ccc(F)cc2)CC1)C1CC(=O)N(c2ccccc2)C1. The predicted octanol–water partition coefficient (Wildman–Crippen LogP) is 1.75. The second-order valence-corrected chi connectivity index (χ2v) is 8.17. The lowest BCUT2D eigenvalue weighted by molar-refractivity contribution is -0.126. The van der Waals surface area contributed by atoms with Gasteiger partial charge in [0.05, 0.1) is 5.92 Å². The molecule has 168 valence electrons. The van der Waals surface area contributed by atoms with Crippen LogP contribution in [0.5, 0.6) is 0 Å². The number of hydrogen-bond acceptors (Lipinski definition) is 4. The van der Waals surface area contributed by atoms with E-state index >= 15 is 0 Å². The second kappa shape index (κ2) is 9.91. The molecule has 4 rings (SSSR count). The Bertz CT molecular complexity index is 959. The Morgan fingerprint density at radius 2 is 1.66 bits per heavy atom. The maximum atomic E-state index is 13.1. The van der Waals surface area contributed by atoms with E-state index < -0.39 is 0 Å². The fourth-order valence-electron chi connectivity index (χ4n) is 4.17. The maximum absolute atomic E-state index is 13.1. The number of carbonyl (C=O) groups is 3. The summed E-state index contributed by atoms with van der Waals surface area (Å²) in [7, 11) is 0. The third-order valence-electron chi connectivity index (χ3n) is 6.04. The van der Waals surface area contributed by atoms with Crippen LogP contribution in [0.1, 0.15) is 16.8 Å².